The van der Waals surface area contributed by atoms with Gasteiger partial charge in [0.1, 0.15) is 0 Å². The van der Waals surface area contributed by atoms with Gasteiger partial charge in [0.05, 0.1) is 0 Å². The zero-order valence-electron chi connectivity index (χ0n) is 10.3. The smallest absolute Gasteiger partial charge is 0.0378 e. The molecule has 0 aliphatic carbocycles. The molecule has 0 amide bonds. The highest BCUT2D eigenvalue weighted by Crippen LogP contribution is 2.36. The Labute approximate surface area is 152 Å². The quantitative estimate of drug-likeness (QED) is 0.285. The standard InChI is InChI=1S/C15H12Br3I/c1-9(16)12-6-7-14(17)13(15(12)18)8-10-2-4-11(19)5-3-10/h2-7,9H,8H2,1H3. The Morgan fingerprint density at radius 1 is 1.05 bits per heavy atom. The van der Waals surface area contributed by atoms with Crippen molar-refractivity contribution in [3.05, 3.63) is 65.6 Å². The summed E-state index contributed by atoms with van der Waals surface area (Å²) >= 11 is 13.4. The van der Waals surface area contributed by atoms with E-state index in [2.05, 4.69) is 114 Å². The van der Waals surface area contributed by atoms with Crippen molar-refractivity contribution in [3.8, 4) is 0 Å². The monoisotopic (exact) mass is 556 g/mol. The van der Waals surface area contributed by atoms with E-state index in [1.807, 2.05) is 0 Å². The zero-order valence-corrected chi connectivity index (χ0v) is 17.2. The summed E-state index contributed by atoms with van der Waals surface area (Å²) in [7, 11) is 0. The van der Waals surface area contributed by atoms with Crippen LogP contribution in [0.5, 0.6) is 0 Å². The van der Waals surface area contributed by atoms with Gasteiger partial charge in [-0.2, -0.15) is 0 Å². The van der Waals surface area contributed by atoms with Crippen molar-refractivity contribution >= 4 is 70.4 Å². The molecule has 0 spiro atoms. The Morgan fingerprint density at radius 2 is 1.68 bits per heavy atom. The molecule has 0 nitrogen and oxygen atoms in total. The number of alkyl halides is 1. The number of rotatable bonds is 3. The summed E-state index contributed by atoms with van der Waals surface area (Å²) < 4.78 is 3.60. The van der Waals surface area contributed by atoms with Crippen LogP contribution in [-0.2, 0) is 6.42 Å². The van der Waals surface area contributed by atoms with Gasteiger partial charge in [0.25, 0.3) is 0 Å². The predicted octanol–water partition coefficient (Wildman–Crippen LogP) is 6.86. The molecule has 0 bridgehead atoms. The molecule has 0 saturated heterocycles. The van der Waals surface area contributed by atoms with Crippen molar-refractivity contribution in [2.24, 2.45) is 0 Å². The van der Waals surface area contributed by atoms with Gasteiger partial charge in [0, 0.05) is 17.3 Å². The van der Waals surface area contributed by atoms with E-state index in [1.165, 1.54) is 24.7 Å². The van der Waals surface area contributed by atoms with Gasteiger partial charge in [-0.3, -0.25) is 0 Å². The minimum Gasteiger partial charge on any atom is -0.0841 e. The maximum Gasteiger partial charge on any atom is 0.0378 e. The van der Waals surface area contributed by atoms with Crippen molar-refractivity contribution < 1.29 is 0 Å². The maximum atomic E-state index is 3.74. The van der Waals surface area contributed by atoms with Crippen LogP contribution in [0.15, 0.2) is 45.3 Å². The molecule has 0 saturated carbocycles. The highest BCUT2D eigenvalue weighted by atomic mass is 127. The van der Waals surface area contributed by atoms with Crippen LogP contribution in [0.25, 0.3) is 0 Å². The SMILES string of the molecule is CC(Br)c1ccc(Br)c(Cc2ccc(I)cc2)c1Br. The summed E-state index contributed by atoms with van der Waals surface area (Å²) in [5, 5.41) is 0. The van der Waals surface area contributed by atoms with E-state index in [9.17, 15) is 0 Å². The van der Waals surface area contributed by atoms with Crippen molar-refractivity contribution in [2.45, 2.75) is 18.2 Å². The fourth-order valence-corrected chi connectivity index (χ4v) is 4.51. The van der Waals surface area contributed by atoms with Gasteiger partial charge < -0.3 is 0 Å². The maximum absolute atomic E-state index is 3.74. The average Bonchev–Trinajstić information content (AvgIpc) is 2.36. The van der Waals surface area contributed by atoms with Gasteiger partial charge in [-0.25, -0.2) is 0 Å². The highest BCUT2D eigenvalue weighted by molar-refractivity contribution is 14.1. The van der Waals surface area contributed by atoms with E-state index in [-0.39, 0.29) is 0 Å². The van der Waals surface area contributed by atoms with Gasteiger partial charge >= 0.3 is 0 Å². The lowest BCUT2D eigenvalue weighted by molar-refractivity contribution is 1.07. The molecule has 4 heteroatoms. The van der Waals surface area contributed by atoms with Crippen molar-refractivity contribution in [1.82, 2.24) is 0 Å². The number of hydrogen-bond donors (Lipinski definition) is 0. The van der Waals surface area contributed by atoms with Crippen LogP contribution in [0.1, 0.15) is 28.4 Å². The molecule has 0 radical (unpaired) electrons. The third-order valence-corrected chi connectivity index (χ3v) is 5.83. The molecule has 0 N–H and O–H groups in total. The van der Waals surface area contributed by atoms with Crippen molar-refractivity contribution in [2.75, 3.05) is 0 Å². The first-order chi connectivity index (χ1) is 8.99. The van der Waals surface area contributed by atoms with Gasteiger partial charge in [-0.05, 0) is 70.8 Å². The zero-order chi connectivity index (χ0) is 14.0. The second kappa shape index (κ2) is 7.05. The molecule has 0 fully saturated rings. The minimum atomic E-state index is 0.338. The lowest BCUT2D eigenvalue weighted by Crippen LogP contribution is -1.96. The first-order valence-electron chi connectivity index (χ1n) is 5.84. The third-order valence-electron chi connectivity index (χ3n) is 2.94. The summed E-state index contributed by atoms with van der Waals surface area (Å²) in [5.74, 6) is 0. The van der Waals surface area contributed by atoms with Crippen LogP contribution < -0.4 is 0 Å². The van der Waals surface area contributed by atoms with Gasteiger partial charge in [0.15, 0.2) is 0 Å². The first-order valence-corrected chi connectivity index (χ1v) is 9.42. The van der Waals surface area contributed by atoms with Crippen molar-refractivity contribution in [3.63, 3.8) is 0 Å². The lowest BCUT2D eigenvalue weighted by atomic mass is 10.0. The first kappa shape index (κ1) is 16.0. The van der Waals surface area contributed by atoms with E-state index < -0.39 is 0 Å². The van der Waals surface area contributed by atoms with Crippen LogP contribution in [0.3, 0.4) is 0 Å². The summed E-state index contributed by atoms with van der Waals surface area (Å²) in [5.41, 5.74) is 3.90. The van der Waals surface area contributed by atoms with Crippen LogP contribution in [-0.4, -0.2) is 0 Å². The second-order valence-corrected chi connectivity index (χ2v) is 8.61. The van der Waals surface area contributed by atoms with E-state index >= 15 is 0 Å². The third kappa shape index (κ3) is 4.05. The Morgan fingerprint density at radius 3 is 2.26 bits per heavy atom. The second-order valence-electron chi connectivity index (χ2n) is 4.35. The molecule has 0 aliphatic rings. The van der Waals surface area contributed by atoms with Gasteiger partial charge in [0.2, 0.25) is 0 Å². The Bertz CT molecular complexity index is 577. The molecule has 1 unspecified atom stereocenters. The summed E-state index contributed by atoms with van der Waals surface area (Å²) in [6.45, 7) is 2.14. The minimum absolute atomic E-state index is 0.338. The van der Waals surface area contributed by atoms with Crippen LogP contribution in [0.2, 0.25) is 0 Å². The lowest BCUT2D eigenvalue weighted by Gasteiger charge is -2.14. The molecule has 2 rings (SSSR count). The van der Waals surface area contributed by atoms with E-state index in [0.717, 1.165) is 10.9 Å². The summed E-state index contributed by atoms with van der Waals surface area (Å²) in [6.07, 6.45) is 0.922. The molecular weight excluding hydrogens is 547 g/mol. The molecule has 1 atom stereocenters. The Hall–Kier alpha value is 0.610. The largest absolute Gasteiger partial charge is 0.0841 e. The fraction of sp³-hybridized carbons (Fsp3) is 0.200. The van der Waals surface area contributed by atoms with E-state index in [4.69, 9.17) is 0 Å². The number of hydrogen-bond acceptors (Lipinski definition) is 0. The van der Waals surface area contributed by atoms with Crippen LogP contribution in [0.4, 0.5) is 0 Å². The molecule has 0 aliphatic heterocycles. The Kier molecular flexibility index (Phi) is 5.93. The predicted molar refractivity (Wildman–Crippen MR) is 101 cm³/mol. The average molecular weight is 559 g/mol. The molecule has 100 valence electrons. The molecular formula is C15H12Br3I. The molecule has 2 aromatic carbocycles. The molecule has 0 aromatic heterocycles. The van der Waals surface area contributed by atoms with E-state index in [0.29, 0.717) is 4.83 Å². The highest BCUT2D eigenvalue weighted by Gasteiger charge is 2.13. The molecule has 19 heavy (non-hydrogen) atoms. The van der Waals surface area contributed by atoms with Crippen LogP contribution in [0, 0.1) is 3.57 Å². The number of benzene rings is 2. The molecule has 2 aromatic rings. The van der Waals surface area contributed by atoms with Gasteiger partial charge in [-0.1, -0.05) is 66.0 Å². The van der Waals surface area contributed by atoms with Gasteiger partial charge in [-0.15, -0.1) is 0 Å². The summed E-state index contributed by atoms with van der Waals surface area (Å²) in [4.78, 5) is 0.338. The summed E-state index contributed by atoms with van der Waals surface area (Å²) in [6, 6.07) is 12.9. The normalized spacial score (nSPS) is 12.5. The Balaban J connectivity index is 2.39. The van der Waals surface area contributed by atoms with Crippen molar-refractivity contribution in [1.29, 1.82) is 0 Å². The molecule has 0 heterocycles. The topological polar surface area (TPSA) is 0 Å². The van der Waals surface area contributed by atoms with E-state index in [1.54, 1.807) is 0 Å². The fourth-order valence-electron chi connectivity index (χ4n) is 1.89. The number of halogens is 4. The van der Waals surface area contributed by atoms with Crippen LogP contribution >= 0.6 is 70.4 Å².